The number of nitrogens with one attached hydrogen (secondary N) is 2. The maximum absolute atomic E-state index is 12.8. The molecule has 1 aromatic rings. The zero-order chi connectivity index (χ0) is 17.9. The van der Waals surface area contributed by atoms with Gasteiger partial charge in [0, 0.05) is 24.5 Å². The van der Waals surface area contributed by atoms with Crippen LogP contribution >= 0.6 is 0 Å². The Morgan fingerprint density at radius 1 is 1.08 bits per heavy atom. The summed E-state index contributed by atoms with van der Waals surface area (Å²) in [6, 6.07) is 10.8. The van der Waals surface area contributed by atoms with E-state index in [0.29, 0.717) is 31.3 Å². The molecule has 2 fully saturated rings. The second-order valence-electron chi connectivity index (χ2n) is 7.06. The van der Waals surface area contributed by atoms with E-state index in [-0.39, 0.29) is 18.9 Å². The van der Waals surface area contributed by atoms with Gasteiger partial charge in [-0.2, -0.15) is 13.2 Å². The summed E-state index contributed by atoms with van der Waals surface area (Å²) < 4.78 is 38.3. The standard InChI is InChI=1S/C19H26F3N3/c1-2-23-18(24-15-10-8-14(9-11-15)19(20,21)22)25-17-12-16(17)13-6-4-3-5-7-13/h3-7,14-17H,2,8-12H2,1H3,(H2,23,24,25). The van der Waals surface area contributed by atoms with E-state index >= 15 is 0 Å². The SMILES string of the molecule is CCN=C(NC1CCC(C(F)(F)F)CC1)NC1CC1c1ccccc1. The number of rotatable bonds is 4. The zero-order valence-corrected chi connectivity index (χ0v) is 14.5. The summed E-state index contributed by atoms with van der Waals surface area (Å²) in [5, 5.41) is 6.79. The summed E-state index contributed by atoms with van der Waals surface area (Å²) >= 11 is 0. The van der Waals surface area contributed by atoms with Gasteiger partial charge in [-0.25, -0.2) is 0 Å². The largest absolute Gasteiger partial charge is 0.391 e. The topological polar surface area (TPSA) is 36.4 Å². The van der Waals surface area contributed by atoms with Gasteiger partial charge in [-0.05, 0) is 44.6 Å². The molecule has 1 aromatic carbocycles. The van der Waals surface area contributed by atoms with Crippen LogP contribution in [0.3, 0.4) is 0 Å². The summed E-state index contributed by atoms with van der Waals surface area (Å²) in [5.74, 6) is 0.0865. The quantitative estimate of drug-likeness (QED) is 0.628. The van der Waals surface area contributed by atoms with Crippen LogP contribution in [0.1, 0.15) is 50.5 Å². The van der Waals surface area contributed by atoms with Crippen molar-refractivity contribution in [2.45, 2.75) is 63.2 Å². The van der Waals surface area contributed by atoms with Gasteiger partial charge >= 0.3 is 6.18 Å². The smallest absolute Gasteiger partial charge is 0.354 e. The van der Waals surface area contributed by atoms with Crippen LogP contribution in [0.25, 0.3) is 0 Å². The van der Waals surface area contributed by atoms with Crippen molar-refractivity contribution in [2.24, 2.45) is 10.9 Å². The van der Waals surface area contributed by atoms with Crippen LogP contribution in [-0.2, 0) is 0 Å². The van der Waals surface area contributed by atoms with Crippen LogP contribution in [0.15, 0.2) is 35.3 Å². The Balaban J connectivity index is 1.49. The molecule has 2 N–H and O–H groups in total. The number of halogens is 3. The highest BCUT2D eigenvalue weighted by Gasteiger charge is 2.42. The second kappa shape index (κ2) is 7.67. The molecule has 0 amide bonds. The van der Waals surface area contributed by atoms with Gasteiger partial charge in [-0.15, -0.1) is 0 Å². The first-order chi connectivity index (χ1) is 12.0. The molecular formula is C19H26F3N3. The highest BCUT2D eigenvalue weighted by Crippen LogP contribution is 2.41. The zero-order valence-electron chi connectivity index (χ0n) is 14.5. The Kier molecular flexibility index (Phi) is 5.54. The molecule has 0 radical (unpaired) electrons. The molecule has 2 aliphatic carbocycles. The predicted molar refractivity (Wildman–Crippen MR) is 93.6 cm³/mol. The normalized spacial score (nSPS) is 30.0. The molecule has 2 aliphatic rings. The summed E-state index contributed by atoms with van der Waals surface area (Å²) in [4.78, 5) is 4.47. The minimum Gasteiger partial charge on any atom is -0.354 e. The van der Waals surface area contributed by atoms with Gasteiger partial charge in [-0.3, -0.25) is 4.99 Å². The molecule has 3 nitrogen and oxygen atoms in total. The van der Waals surface area contributed by atoms with Gasteiger partial charge in [0.1, 0.15) is 0 Å². The van der Waals surface area contributed by atoms with Gasteiger partial charge in [-0.1, -0.05) is 30.3 Å². The number of alkyl halides is 3. The van der Waals surface area contributed by atoms with Crippen LogP contribution < -0.4 is 10.6 Å². The lowest BCUT2D eigenvalue weighted by molar-refractivity contribution is -0.182. The first kappa shape index (κ1) is 18.1. The Hall–Kier alpha value is -1.72. The van der Waals surface area contributed by atoms with E-state index in [1.54, 1.807) is 0 Å². The van der Waals surface area contributed by atoms with E-state index in [1.165, 1.54) is 5.56 Å². The number of hydrogen-bond donors (Lipinski definition) is 2. The fourth-order valence-corrected chi connectivity index (χ4v) is 3.65. The Labute approximate surface area is 147 Å². The monoisotopic (exact) mass is 353 g/mol. The number of aliphatic imine (C=N–C) groups is 1. The molecule has 6 heteroatoms. The molecule has 2 unspecified atom stereocenters. The highest BCUT2D eigenvalue weighted by molar-refractivity contribution is 5.81. The molecular weight excluding hydrogens is 327 g/mol. The van der Waals surface area contributed by atoms with Crippen molar-refractivity contribution >= 4 is 5.96 Å². The van der Waals surface area contributed by atoms with Crippen LogP contribution in [0.4, 0.5) is 13.2 Å². The van der Waals surface area contributed by atoms with E-state index in [2.05, 4.69) is 27.8 Å². The first-order valence-electron chi connectivity index (χ1n) is 9.16. The van der Waals surface area contributed by atoms with E-state index in [1.807, 2.05) is 25.1 Å². The summed E-state index contributed by atoms with van der Waals surface area (Å²) in [5.41, 5.74) is 1.32. The summed E-state index contributed by atoms with van der Waals surface area (Å²) in [7, 11) is 0. The van der Waals surface area contributed by atoms with Gasteiger partial charge in [0.15, 0.2) is 5.96 Å². The molecule has 0 heterocycles. The maximum Gasteiger partial charge on any atom is 0.391 e. The van der Waals surface area contributed by atoms with Crippen LogP contribution in [-0.4, -0.2) is 30.8 Å². The fourth-order valence-electron chi connectivity index (χ4n) is 3.65. The average Bonchev–Trinajstić information content (AvgIpc) is 3.35. The van der Waals surface area contributed by atoms with Gasteiger partial charge in [0.2, 0.25) is 0 Å². The van der Waals surface area contributed by atoms with Gasteiger partial charge < -0.3 is 10.6 Å². The highest BCUT2D eigenvalue weighted by atomic mass is 19.4. The van der Waals surface area contributed by atoms with E-state index in [4.69, 9.17) is 0 Å². The van der Waals surface area contributed by atoms with Gasteiger partial charge in [0.05, 0.1) is 5.92 Å². The Morgan fingerprint density at radius 2 is 1.76 bits per heavy atom. The van der Waals surface area contributed by atoms with Crippen molar-refractivity contribution in [1.82, 2.24) is 10.6 Å². The molecule has 0 bridgehead atoms. The van der Waals surface area contributed by atoms with Crippen molar-refractivity contribution in [2.75, 3.05) is 6.54 Å². The molecule has 0 saturated heterocycles. The molecule has 2 atom stereocenters. The minimum absolute atomic E-state index is 0.0744. The molecule has 0 aliphatic heterocycles. The van der Waals surface area contributed by atoms with E-state index in [9.17, 15) is 13.2 Å². The third-order valence-corrected chi connectivity index (χ3v) is 5.19. The number of nitrogens with zero attached hydrogens (tertiary/aromatic N) is 1. The molecule has 138 valence electrons. The van der Waals surface area contributed by atoms with Gasteiger partial charge in [0.25, 0.3) is 0 Å². The number of benzene rings is 1. The summed E-state index contributed by atoms with van der Waals surface area (Å²) in [6.07, 6.45) is -1.49. The first-order valence-corrected chi connectivity index (χ1v) is 9.16. The predicted octanol–water partition coefficient (Wildman–Crippen LogP) is 4.22. The number of guanidine groups is 1. The maximum atomic E-state index is 12.8. The van der Waals surface area contributed by atoms with Crippen molar-refractivity contribution in [1.29, 1.82) is 0 Å². The van der Waals surface area contributed by atoms with Crippen molar-refractivity contribution in [3.8, 4) is 0 Å². The lowest BCUT2D eigenvalue weighted by Gasteiger charge is -2.31. The van der Waals surface area contributed by atoms with Crippen molar-refractivity contribution in [3.05, 3.63) is 35.9 Å². The molecule has 3 rings (SSSR count). The lowest BCUT2D eigenvalue weighted by atomic mass is 9.85. The average molecular weight is 353 g/mol. The third kappa shape index (κ3) is 4.89. The fraction of sp³-hybridized carbons (Fsp3) is 0.632. The van der Waals surface area contributed by atoms with Crippen LogP contribution in [0.5, 0.6) is 0 Å². The molecule has 2 saturated carbocycles. The van der Waals surface area contributed by atoms with E-state index < -0.39 is 12.1 Å². The molecule has 0 spiro atoms. The lowest BCUT2D eigenvalue weighted by Crippen LogP contribution is -2.46. The van der Waals surface area contributed by atoms with Crippen molar-refractivity contribution in [3.63, 3.8) is 0 Å². The Morgan fingerprint density at radius 3 is 2.36 bits per heavy atom. The Bertz CT molecular complexity index is 577. The van der Waals surface area contributed by atoms with Crippen molar-refractivity contribution < 1.29 is 13.2 Å². The molecule has 25 heavy (non-hydrogen) atoms. The summed E-state index contributed by atoms with van der Waals surface area (Å²) in [6.45, 7) is 2.61. The van der Waals surface area contributed by atoms with Crippen LogP contribution in [0, 0.1) is 5.92 Å². The minimum atomic E-state index is -4.06. The number of hydrogen-bond acceptors (Lipinski definition) is 1. The van der Waals surface area contributed by atoms with Crippen LogP contribution in [0.2, 0.25) is 0 Å². The second-order valence-corrected chi connectivity index (χ2v) is 7.06. The van der Waals surface area contributed by atoms with E-state index in [0.717, 1.165) is 12.4 Å². The molecule has 0 aromatic heterocycles. The third-order valence-electron chi connectivity index (χ3n) is 5.19.